The predicted octanol–water partition coefficient (Wildman–Crippen LogP) is -1.57. The molecule has 6 N–H and O–H groups in total. The molecule has 0 bridgehead atoms. The lowest BCUT2D eigenvalue weighted by Crippen LogP contribution is -2.56. The van der Waals surface area contributed by atoms with Crippen LogP contribution in [-0.2, 0) is 14.3 Å². The second-order valence-corrected chi connectivity index (χ2v) is 3.68. The van der Waals surface area contributed by atoms with Gasteiger partial charge in [-0.1, -0.05) is 0 Å². The van der Waals surface area contributed by atoms with E-state index in [1.54, 1.807) is 0 Å². The molecule has 0 aromatic rings. The van der Waals surface area contributed by atoms with Crippen molar-refractivity contribution in [3.63, 3.8) is 0 Å². The van der Waals surface area contributed by atoms with Gasteiger partial charge in [0.1, 0.15) is 5.54 Å². The van der Waals surface area contributed by atoms with Crippen molar-refractivity contribution in [1.82, 2.24) is 0 Å². The highest BCUT2D eigenvalue weighted by Gasteiger charge is 2.32. The molecule has 0 spiro atoms. The van der Waals surface area contributed by atoms with Crippen molar-refractivity contribution in [1.29, 1.82) is 0 Å². The molecule has 0 aliphatic rings. The van der Waals surface area contributed by atoms with Crippen molar-refractivity contribution in [3.05, 3.63) is 0 Å². The summed E-state index contributed by atoms with van der Waals surface area (Å²) in [7, 11) is 0. The molecular weight excluding hydrogens is 174 g/mol. The predicted molar refractivity (Wildman–Crippen MR) is 46.1 cm³/mol. The molecule has 0 rings (SSSR count). The Kier molecular flexibility index (Phi) is 3.15. The summed E-state index contributed by atoms with van der Waals surface area (Å²) in [6.07, 6.45) is 0. The highest BCUT2D eigenvalue weighted by Crippen LogP contribution is 2.02. The number of carbonyl (C=O) groups is 2. The lowest BCUT2D eigenvalue weighted by Gasteiger charge is -2.20. The van der Waals surface area contributed by atoms with Crippen LogP contribution in [0.1, 0.15) is 20.8 Å². The minimum Gasteiger partial charge on any atom is -0.389 e. The largest absolute Gasteiger partial charge is 0.389 e. The maximum absolute atomic E-state index is 11.0. The minimum atomic E-state index is -1.68. The summed E-state index contributed by atoms with van der Waals surface area (Å²) < 4.78 is 4.33. The average molecular weight is 189 g/mol. The number of rotatable bonds is 2. The first kappa shape index (κ1) is 12.0. The average Bonchev–Trinajstić information content (AvgIpc) is 1.82. The third kappa shape index (κ3) is 3.97. The Morgan fingerprint density at radius 3 is 1.62 bits per heavy atom. The van der Waals surface area contributed by atoms with Crippen LogP contribution in [0.5, 0.6) is 0 Å². The van der Waals surface area contributed by atoms with Crippen molar-refractivity contribution < 1.29 is 14.3 Å². The Morgan fingerprint density at radius 2 is 1.38 bits per heavy atom. The molecule has 0 atom stereocenters. The molecular formula is C7H15N3O3. The monoisotopic (exact) mass is 189 g/mol. The Morgan fingerprint density at radius 1 is 1.00 bits per heavy atom. The van der Waals surface area contributed by atoms with E-state index in [0.29, 0.717) is 0 Å². The summed E-state index contributed by atoms with van der Waals surface area (Å²) >= 11 is 0. The fourth-order valence-electron chi connectivity index (χ4n) is 0.326. The van der Waals surface area contributed by atoms with Crippen LogP contribution in [-0.4, -0.2) is 23.1 Å². The van der Waals surface area contributed by atoms with E-state index in [1.807, 2.05) is 0 Å². The Bertz CT molecular complexity index is 200. The van der Waals surface area contributed by atoms with Crippen molar-refractivity contribution in [2.24, 2.45) is 17.2 Å². The first-order chi connectivity index (χ1) is 5.55. The van der Waals surface area contributed by atoms with E-state index in [1.165, 1.54) is 20.8 Å². The smallest absolute Gasteiger partial charge is 0.348 e. The standard InChI is InChI=1S/C7H15N3O3/c1-6(2,8)4(11)13-5(12)7(3,9)10/h8-10H2,1-3H3. The summed E-state index contributed by atoms with van der Waals surface area (Å²) in [4.78, 5) is 22.0. The van der Waals surface area contributed by atoms with Gasteiger partial charge in [-0.3, -0.25) is 0 Å². The molecule has 76 valence electrons. The summed E-state index contributed by atoms with van der Waals surface area (Å²) in [6, 6.07) is 0. The van der Waals surface area contributed by atoms with Crippen LogP contribution in [0.2, 0.25) is 0 Å². The molecule has 0 aromatic carbocycles. The molecule has 0 aromatic heterocycles. The zero-order valence-corrected chi connectivity index (χ0v) is 7.96. The van der Waals surface area contributed by atoms with Gasteiger partial charge in [0.15, 0.2) is 5.66 Å². The third-order valence-corrected chi connectivity index (χ3v) is 1.15. The number of ether oxygens (including phenoxy) is 1. The molecule has 0 heterocycles. The lowest BCUT2D eigenvalue weighted by molar-refractivity contribution is -0.166. The summed E-state index contributed by atoms with van der Waals surface area (Å²) in [6.45, 7) is 4.05. The van der Waals surface area contributed by atoms with E-state index in [0.717, 1.165) is 0 Å². The quantitative estimate of drug-likeness (QED) is 0.274. The second-order valence-electron chi connectivity index (χ2n) is 3.68. The topological polar surface area (TPSA) is 121 Å². The van der Waals surface area contributed by atoms with Gasteiger partial charge in [0.25, 0.3) is 0 Å². The zero-order valence-electron chi connectivity index (χ0n) is 7.96. The number of carbonyl (C=O) groups excluding carboxylic acids is 2. The van der Waals surface area contributed by atoms with Gasteiger partial charge in [-0.15, -0.1) is 0 Å². The van der Waals surface area contributed by atoms with Crippen molar-refractivity contribution in [3.8, 4) is 0 Å². The van der Waals surface area contributed by atoms with Crippen LogP contribution in [0.15, 0.2) is 0 Å². The lowest BCUT2D eigenvalue weighted by atomic mass is 10.1. The van der Waals surface area contributed by atoms with Crippen LogP contribution in [0.25, 0.3) is 0 Å². The third-order valence-electron chi connectivity index (χ3n) is 1.15. The van der Waals surface area contributed by atoms with Gasteiger partial charge in [-0.05, 0) is 20.8 Å². The highest BCUT2D eigenvalue weighted by molar-refractivity contribution is 5.93. The van der Waals surface area contributed by atoms with Gasteiger partial charge >= 0.3 is 11.9 Å². The Hall–Kier alpha value is -0.980. The van der Waals surface area contributed by atoms with Gasteiger partial charge < -0.3 is 21.9 Å². The molecule has 0 fully saturated rings. The zero-order chi connectivity index (χ0) is 10.9. The van der Waals surface area contributed by atoms with E-state index >= 15 is 0 Å². The fraction of sp³-hybridized carbons (Fsp3) is 0.714. The van der Waals surface area contributed by atoms with E-state index < -0.39 is 23.1 Å². The van der Waals surface area contributed by atoms with Gasteiger partial charge in [0.2, 0.25) is 0 Å². The molecule has 0 saturated heterocycles. The molecule has 0 aliphatic carbocycles. The molecule has 6 heteroatoms. The minimum absolute atomic E-state index is 0.861. The fourth-order valence-corrected chi connectivity index (χ4v) is 0.326. The van der Waals surface area contributed by atoms with Crippen LogP contribution >= 0.6 is 0 Å². The first-order valence-corrected chi connectivity index (χ1v) is 3.68. The summed E-state index contributed by atoms with van der Waals surface area (Å²) in [5.74, 6) is -1.87. The van der Waals surface area contributed by atoms with Crippen molar-refractivity contribution >= 4 is 11.9 Å². The van der Waals surface area contributed by atoms with Gasteiger partial charge in [-0.2, -0.15) is 0 Å². The van der Waals surface area contributed by atoms with E-state index in [2.05, 4.69) is 4.74 Å². The highest BCUT2D eigenvalue weighted by atomic mass is 16.6. The van der Waals surface area contributed by atoms with Crippen LogP contribution in [0.3, 0.4) is 0 Å². The maximum Gasteiger partial charge on any atom is 0.348 e. The molecule has 0 saturated carbocycles. The molecule has 0 amide bonds. The Labute approximate surface area is 76.4 Å². The van der Waals surface area contributed by atoms with E-state index in [-0.39, 0.29) is 0 Å². The van der Waals surface area contributed by atoms with Crippen LogP contribution < -0.4 is 17.2 Å². The van der Waals surface area contributed by atoms with Crippen LogP contribution in [0.4, 0.5) is 0 Å². The van der Waals surface area contributed by atoms with Crippen LogP contribution in [0, 0.1) is 0 Å². The number of hydrogen-bond acceptors (Lipinski definition) is 6. The van der Waals surface area contributed by atoms with Crippen molar-refractivity contribution in [2.45, 2.75) is 32.0 Å². The summed E-state index contributed by atoms with van der Waals surface area (Å²) in [5.41, 5.74) is 12.8. The SMILES string of the molecule is CC(C)(N)C(=O)OC(=O)C(C)(N)N. The Balaban J connectivity index is 4.34. The van der Waals surface area contributed by atoms with Crippen molar-refractivity contribution in [2.75, 3.05) is 0 Å². The summed E-state index contributed by atoms with van der Waals surface area (Å²) in [5, 5.41) is 0. The molecule has 0 unspecified atom stereocenters. The first-order valence-electron chi connectivity index (χ1n) is 3.68. The molecule has 0 aliphatic heterocycles. The maximum atomic E-state index is 11.0. The molecule has 13 heavy (non-hydrogen) atoms. The number of esters is 2. The molecule has 0 radical (unpaired) electrons. The number of hydrogen-bond donors (Lipinski definition) is 3. The second kappa shape index (κ2) is 3.41. The number of nitrogens with two attached hydrogens (primary N) is 3. The van der Waals surface area contributed by atoms with Gasteiger partial charge in [0, 0.05) is 0 Å². The van der Waals surface area contributed by atoms with E-state index in [4.69, 9.17) is 17.2 Å². The van der Waals surface area contributed by atoms with Gasteiger partial charge in [0.05, 0.1) is 0 Å². The normalized spacial score (nSPS) is 12.5. The van der Waals surface area contributed by atoms with Gasteiger partial charge in [-0.25, -0.2) is 9.59 Å². The molecule has 6 nitrogen and oxygen atoms in total. The van der Waals surface area contributed by atoms with E-state index in [9.17, 15) is 9.59 Å².